The molecular weight excluding hydrogens is 336 g/mol. The van der Waals surface area contributed by atoms with Crippen molar-refractivity contribution >= 4 is 17.6 Å². The van der Waals surface area contributed by atoms with Crippen molar-refractivity contribution in [1.29, 1.82) is 0 Å². The third-order valence-electron chi connectivity index (χ3n) is 4.22. The Morgan fingerprint density at radius 2 is 2.15 bits per heavy atom. The zero-order valence-corrected chi connectivity index (χ0v) is 14.8. The minimum absolute atomic E-state index is 0.0203. The number of nitrogens with one attached hydrogen (secondary N) is 1. The summed E-state index contributed by atoms with van der Waals surface area (Å²) in [6.07, 6.45) is 0. The van der Waals surface area contributed by atoms with Gasteiger partial charge < -0.3 is 19.5 Å². The first-order valence-corrected chi connectivity index (χ1v) is 8.38. The second kappa shape index (κ2) is 8.11. The number of hydrogen-bond donors (Lipinski definition) is 1. The summed E-state index contributed by atoms with van der Waals surface area (Å²) < 4.78 is 10.1. The lowest BCUT2D eigenvalue weighted by Gasteiger charge is -2.26. The zero-order chi connectivity index (χ0) is 18.5. The number of aromatic nitrogens is 1. The molecule has 0 bridgehead atoms. The molecule has 2 amide bonds. The number of methoxy groups -OCH3 is 1. The van der Waals surface area contributed by atoms with Crippen molar-refractivity contribution in [1.82, 2.24) is 15.0 Å². The van der Waals surface area contributed by atoms with Crippen molar-refractivity contribution in [3.8, 4) is 0 Å². The van der Waals surface area contributed by atoms with E-state index < -0.39 is 6.04 Å². The van der Waals surface area contributed by atoms with E-state index in [1.54, 1.807) is 25.0 Å². The standard InChI is InChI=1S/C18H22N4O4/c1-13-10-15(20-26-13)19-18(24)17(14-6-4-3-5-7-14)22-11-16(23)21(12-22)8-9-25-2/h3-7,10,17H,8-9,11-12H2,1-2H3,(H,19,20,24). The first-order chi connectivity index (χ1) is 12.6. The van der Waals surface area contributed by atoms with E-state index >= 15 is 0 Å². The molecule has 8 nitrogen and oxygen atoms in total. The summed E-state index contributed by atoms with van der Waals surface area (Å²) in [6, 6.07) is 10.4. The van der Waals surface area contributed by atoms with Gasteiger partial charge >= 0.3 is 0 Å². The van der Waals surface area contributed by atoms with E-state index in [1.165, 1.54) is 0 Å². The maximum Gasteiger partial charge on any atom is 0.247 e. The van der Waals surface area contributed by atoms with Crippen molar-refractivity contribution in [2.45, 2.75) is 13.0 Å². The molecule has 0 saturated carbocycles. The second-order valence-electron chi connectivity index (χ2n) is 6.16. The lowest BCUT2D eigenvalue weighted by atomic mass is 10.0. The van der Waals surface area contributed by atoms with Crippen LogP contribution in [-0.4, -0.2) is 60.2 Å². The molecule has 1 saturated heterocycles. The van der Waals surface area contributed by atoms with Crippen LogP contribution < -0.4 is 5.32 Å². The normalized spacial score (nSPS) is 16.1. The van der Waals surface area contributed by atoms with Crippen molar-refractivity contribution in [3.05, 3.63) is 47.7 Å². The van der Waals surface area contributed by atoms with E-state index in [0.717, 1.165) is 5.56 Å². The summed E-state index contributed by atoms with van der Waals surface area (Å²) in [7, 11) is 1.60. The zero-order valence-electron chi connectivity index (χ0n) is 14.8. The summed E-state index contributed by atoms with van der Waals surface area (Å²) in [5.74, 6) is 0.688. The van der Waals surface area contributed by atoms with Crippen LogP contribution in [0.1, 0.15) is 17.4 Å². The Balaban J connectivity index is 1.80. The molecule has 1 aliphatic rings. The van der Waals surface area contributed by atoms with E-state index in [0.29, 0.717) is 31.4 Å². The van der Waals surface area contributed by atoms with Crippen molar-refractivity contribution < 1.29 is 18.8 Å². The number of carbonyl (C=O) groups is 2. The van der Waals surface area contributed by atoms with Gasteiger partial charge in [-0.05, 0) is 12.5 Å². The lowest BCUT2D eigenvalue weighted by Crippen LogP contribution is -2.37. The highest BCUT2D eigenvalue weighted by molar-refractivity contribution is 5.95. The Hall–Kier alpha value is -2.71. The van der Waals surface area contributed by atoms with Gasteiger partial charge in [-0.25, -0.2) is 0 Å². The maximum atomic E-state index is 12.9. The molecule has 1 aromatic carbocycles. The van der Waals surface area contributed by atoms with Crippen molar-refractivity contribution in [2.24, 2.45) is 0 Å². The summed E-state index contributed by atoms with van der Waals surface area (Å²) >= 11 is 0. The van der Waals surface area contributed by atoms with Gasteiger partial charge in [-0.3, -0.25) is 14.5 Å². The van der Waals surface area contributed by atoms with Crippen LogP contribution in [-0.2, 0) is 14.3 Å². The van der Waals surface area contributed by atoms with Crippen LogP contribution in [0.2, 0.25) is 0 Å². The fourth-order valence-electron chi connectivity index (χ4n) is 2.97. The number of rotatable bonds is 7. The highest BCUT2D eigenvalue weighted by Gasteiger charge is 2.36. The third-order valence-corrected chi connectivity index (χ3v) is 4.22. The molecule has 138 valence electrons. The average molecular weight is 358 g/mol. The molecule has 0 radical (unpaired) electrons. The summed E-state index contributed by atoms with van der Waals surface area (Å²) in [5.41, 5.74) is 0.812. The molecule has 1 aromatic heterocycles. The quantitative estimate of drug-likeness (QED) is 0.805. The first-order valence-electron chi connectivity index (χ1n) is 8.38. The molecule has 8 heteroatoms. The van der Waals surface area contributed by atoms with Crippen molar-refractivity contribution in [3.63, 3.8) is 0 Å². The van der Waals surface area contributed by atoms with Gasteiger partial charge in [-0.15, -0.1) is 0 Å². The van der Waals surface area contributed by atoms with E-state index in [1.807, 2.05) is 35.2 Å². The molecule has 0 spiro atoms. The van der Waals surface area contributed by atoms with Crippen LogP contribution in [0.15, 0.2) is 40.9 Å². The number of ether oxygens (including phenoxy) is 1. The van der Waals surface area contributed by atoms with Crippen LogP contribution >= 0.6 is 0 Å². The van der Waals surface area contributed by atoms with E-state index in [2.05, 4.69) is 10.5 Å². The number of amides is 2. The van der Waals surface area contributed by atoms with Gasteiger partial charge in [0.25, 0.3) is 0 Å². The molecule has 2 aromatic rings. The SMILES string of the molecule is COCCN1CN(C(C(=O)Nc2cc(C)on2)c2ccccc2)CC1=O. The van der Waals surface area contributed by atoms with Gasteiger partial charge in [0.2, 0.25) is 11.8 Å². The van der Waals surface area contributed by atoms with Gasteiger partial charge in [0.05, 0.1) is 19.8 Å². The fraction of sp³-hybridized carbons (Fsp3) is 0.389. The smallest absolute Gasteiger partial charge is 0.247 e. The van der Waals surface area contributed by atoms with Crippen LogP contribution in [0.5, 0.6) is 0 Å². The number of nitrogens with zero attached hydrogens (tertiary/aromatic N) is 3. The van der Waals surface area contributed by atoms with Gasteiger partial charge in [-0.1, -0.05) is 35.5 Å². The Morgan fingerprint density at radius 1 is 1.38 bits per heavy atom. The third kappa shape index (κ3) is 4.09. The Morgan fingerprint density at radius 3 is 2.81 bits per heavy atom. The molecule has 1 atom stereocenters. The molecule has 1 fully saturated rings. The predicted octanol–water partition coefficient (Wildman–Crippen LogP) is 1.41. The maximum absolute atomic E-state index is 12.9. The van der Waals surface area contributed by atoms with Gasteiger partial charge in [0.15, 0.2) is 5.82 Å². The number of carbonyl (C=O) groups excluding carboxylic acids is 2. The molecule has 1 aliphatic heterocycles. The molecule has 0 aliphatic carbocycles. The number of anilines is 1. The summed E-state index contributed by atoms with van der Waals surface area (Å²) in [4.78, 5) is 28.8. The molecule has 26 heavy (non-hydrogen) atoms. The Kier molecular flexibility index (Phi) is 5.65. The molecule has 1 unspecified atom stereocenters. The Labute approximate surface area is 151 Å². The highest BCUT2D eigenvalue weighted by Crippen LogP contribution is 2.26. The monoisotopic (exact) mass is 358 g/mol. The van der Waals surface area contributed by atoms with Gasteiger partial charge in [0.1, 0.15) is 11.8 Å². The fourth-order valence-corrected chi connectivity index (χ4v) is 2.97. The van der Waals surface area contributed by atoms with Gasteiger partial charge in [-0.2, -0.15) is 0 Å². The molecular formula is C18H22N4O4. The number of benzene rings is 1. The average Bonchev–Trinajstić information content (AvgIpc) is 3.19. The predicted molar refractivity (Wildman–Crippen MR) is 94.2 cm³/mol. The second-order valence-corrected chi connectivity index (χ2v) is 6.16. The van der Waals surface area contributed by atoms with Crippen LogP contribution in [0.3, 0.4) is 0 Å². The van der Waals surface area contributed by atoms with Gasteiger partial charge in [0, 0.05) is 19.7 Å². The Bertz CT molecular complexity index is 762. The largest absolute Gasteiger partial charge is 0.383 e. The summed E-state index contributed by atoms with van der Waals surface area (Å²) in [5, 5.41) is 6.58. The van der Waals surface area contributed by atoms with E-state index in [9.17, 15) is 9.59 Å². The van der Waals surface area contributed by atoms with E-state index in [-0.39, 0.29) is 18.4 Å². The number of hydrogen-bond acceptors (Lipinski definition) is 6. The molecule has 3 rings (SSSR count). The minimum atomic E-state index is -0.607. The van der Waals surface area contributed by atoms with Crippen LogP contribution in [0.4, 0.5) is 5.82 Å². The topological polar surface area (TPSA) is 87.9 Å². The first kappa shape index (κ1) is 18.1. The van der Waals surface area contributed by atoms with E-state index in [4.69, 9.17) is 9.26 Å². The highest BCUT2D eigenvalue weighted by atomic mass is 16.5. The minimum Gasteiger partial charge on any atom is -0.383 e. The summed E-state index contributed by atoms with van der Waals surface area (Å²) in [6.45, 7) is 3.25. The molecule has 1 N–H and O–H groups in total. The van der Waals surface area contributed by atoms with Crippen LogP contribution in [0, 0.1) is 6.92 Å². The lowest BCUT2D eigenvalue weighted by molar-refractivity contribution is -0.127. The number of aryl methyl sites for hydroxylation is 1. The molecule has 2 heterocycles. The van der Waals surface area contributed by atoms with Crippen molar-refractivity contribution in [2.75, 3.05) is 38.8 Å². The van der Waals surface area contributed by atoms with Crippen LogP contribution in [0.25, 0.3) is 0 Å².